The first-order valence-electron chi connectivity index (χ1n) is 0. The van der Waals surface area contributed by atoms with Crippen molar-refractivity contribution in [2.24, 2.45) is 0 Å². The second kappa shape index (κ2) is 88.3. The summed E-state index contributed by atoms with van der Waals surface area (Å²) in [5, 5.41) is 0. The molecule has 7 heavy (non-hydrogen) atoms. The number of hydrogen-bond donors (Lipinski definition) is 0. The van der Waals surface area contributed by atoms with Crippen molar-refractivity contribution in [3.8, 4) is 0 Å². The molecule has 0 aliphatic carbocycles. The van der Waals surface area contributed by atoms with Crippen LogP contribution in [0.2, 0.25) is 0 Å². The van der Waals surface area contributed by atoms with E-state index in [4.69, 9.17) is 0 Å². The van der Waals surface area contributed by atoms with Crippen molar-refractivity contribution in [3.05, 3.63) is 0 Å². The summed E-state index contributed by atoms with van der Waals surface area (Å²) >= 11 is 0. The van der Waals surface area contributed by atoms with Crippen LogP contribution >= 0.6 is 0 Å². The summed E-state index contributed by atoms with van der Waals surface area (Å²) in [7, 11) is 0. The maximum Gasteiger partial charge on any atom is 1.00 e. The van der Waals surface area contributed by atoms with Gasteiger partial charge in [0.2, 0.25) is 0 Å². The Balaban J connectivity index is 0. The van der Waals surface area contributed by atoms with Crippen LogP contribution in [0.3, 0.4) is 0 Å². The van der Waals surface area contributed by atoms with Crippen LogP contribution in [-0.2, 0) is 13.5 Å². The average Bonchev–Trinajstić information content (AvgIpc) is 0. The van der Waals surface area contributed by atoms with Crippen molar-refractivity contribution in [3.63, 3.8) is 0 Å². The summed E-state index contributed by atoms with van der Waals surface area (Å²) < 4.78 is 0. The summed E-state index contributed by atoms with van der Waals surface area (Å²) in [5.74, 6) is 0. The third-order valence-corrected chi connectivity index (χ3v) is 0. The molecule has 0 spiro atoms. The number of thiol groups is 1. The van der Waals surface area contributed by atoms with Crippen LogP contribution in [0, 0.1) is 0 Å². The topological polar surface area (TPSA) is 126 Å². The van der Waals surface area contributed by atoms with Gasteiger partial charge < -0.3 is 35.4 Å². The van der Waals surface area contributed by atoms with Crippen LogP contribution in [0.5, 0.6) is 0 Å². The van der Waals surface area contributed by atoms with E-state index in [0.717, 1.165) is 0 Å². The van der Waals surface area contributed by atoms with E-state index in [0.29, 0.717) is 0 Å². The molecule has 40 valence electrons. The predicted molar refractivity (Wildman–Crippen MR) is 23.2 cm³/mol. The largest absolute Gasteiger partial charge is 1.00 e. The van der Waals surface area contributed by atoms with E-state index in [9.17, 15) is 0 Å². The normalized spacial score (nSPS) is 0. The predicted octanol–water partition coefficient (Wildman–Crippen LogP) is -9.56. The molecular weight excluding hydrogens is 142 g/mol. The van der Waals surface area contributed by atoms with Gasteiger partial charge in [-0.1, -0.05) is 0 Å². The molecule has 7 heteroatoms. The monoisotopic (exact) mass is 151 g/mol. The molecule has 0 saturated heterocycles. The minimum Gasteiger partial charge on any atom is -0.813 e. The van der Waals surface area contributed by atoms with Gasteiger partial charge in [0.05, 0.1) is 0 Å². The molecule has 8 N–H and O–H groups in total. The number of rotatable bonds is 0. The van der Waals surface area contributed by atoms with Crippen molar-refractivity contribution in [2.75, 3.05) is 0 Å². The van der Waals surface area contributed by atoms with Gasteiger partial charge in [-0.05, 0) is 0 Å². The smallest absolute Gasteiger partial charge is 0.813 e. The zero-order chi connectivity index (χ0) is 0. The van der Waals surface area contributed by atoms with E-state index in [1.165, 1.54) is 0 Å². The van der Waals surface area contributed by atoms with E-state index < -0.39 is 0 Å². The first-order valence-corrected chi connectivity index (χ1v) is 0. The molecule has 0 aliphatic rings. The first kappa shape index (κ1) is 129. The van der Waals surface area contributed by atoms with E-state index in [1.807, 2.05) is 0 Å². The minimum atomic E-state index is 0. The second-order valence-corrected chi connectivity index (χ2v) is 0. The Morgan fingerprint density at radius 2 is 0.429 bits per heavy atom. The third kappa shape index (κ3) is 65.4. The van der Waals surface area contributed by atoms with E-state index >= 15 is 0 Å². The third-order valence-electron chi connectivity index (χ3n) is 0. The maximum absolute atomic E-state index is 0. The zero-order valence-corrected chi connectivity index (χ0v) is 9.34. The second-order valence-electron chi connectivity index (χ2n) is 0. The van der Waals surface area contributed by atoms with Gasteiger partial charge in [-0.2, -0.15) is 0 Å². The van der Waals surface area contributed by atoms with Crippen molar-refractivity contribution in [2.45, 2.75) is 0 Å². The zero-order valence-electron chi connectivity index (χ0n) is 4.45. The van der Waals surface area contributed by atoms with Crippen LogP contribution in [0.4, 0.5) is 0 Å². The van der Waals surface area contributed by atoms with Gasteiger partial charge in [0.1, 0.15) is 0 Å². The van der Waals surface area contributed by atoms with Crippen molar-refractivity contribution in [1.82, 2.24) is 0 Å². The first-order chi connectivity index (χ1) is 0. The quantitative estimate of drug-likeness (QED) is 0.190. The van der Waals surface area contributed by atoms with Gasteiger partial charge in [0.25, 0.3) is 0 Å². The Bertz CT molecular complexity index is 9.65. The Kier molecular flexibility index (Phi) is 1620. The minimum absolute atomic E-state index is 0. The van der Waals surface area contributed by atoms with Crippen LogP contribution in [0.1, 0.15) is 0 Å². The molecule has 0 amide bonds. The van der Waals surface area contributed by atoms with Gasteiger partial charge in [-0.15, -0.1) is 0 Å². The Morgan fingerprint density at radius 3 is 0.429 bits per heavy atom. The van der Waals surface area contributed by atoms with Gasteiger partial charge in [-0.3, -0.25) is 0 Å². The Morgan fingerprint density at radius 1 is 0.429 bits per heavy atom. The molecule has 0 unspecified atom stereocenters. The van der Waals surface area contributed by atoms with Crippen LogP contribution in [-0.4, -0.2) is 21.9 Å². The van der Waals surface area contributed by atoms with Crippen molar-refractivity contribution in [1.29, 1.82) is 0 Å². The standard InChI is InChI=1S/2Na.4H2O.H2S/h;;5*1H2/q2*+1;;;;;/p-1. The molecule has 4 nitrogen and oxygen atoms in total. The van der Waals surface area contributed by atoms with Gasteiger partial charge in [0.15, 0.2) is 0 Å². The molecule has 0 atom stereocenters. The Hall–Kier alpha value is 2.19. The van der Waals surface area contributed by atoms with Crippen LogP contribution in [0.25, 0.3) is 0 Å². The van der Waals surface area contributed by atoms with E-state index in [1.54, 1.807) is 0 Å². The fraction of sp³-hybridized carbons (Fsp3) is 0. The molecule has 0 bridgehead atoms. The van der Waals surface area contributed by atoms with Gasteiger partial charge in [-0.25, -0.2) is 0 Å². The van der Waals surface area contributed by atoms with Crippen molar-refractivity contribution >= 4 is 13.5 Å². The molecule has 0 fully saturated rings. The van der Waals surface area contributed by atoms with Gasteiger partial charge >= 0.3 is 59.1 Å². The van der Waals surface area contributed by atoms with Crippen LogP contribution < -0.4 is 59.1 Å². The summed E-state index contributed by atoms with van der Waals surface area (Å²) in [6, 6.07) is 0. The fourth-order valence-corrected chi connectivity index (χ4v) is 0. The molecule has 0 aromatic carbocycles. The molecular formula is H9Na2O4S+. The molecule has 0 aromatic rings. The summed E-state index contributed by atoms with van der Waals surface area (Å²) in [4.78, 5) is 0. The summed E-state index contributed by atoms with van der Waals surface area (Å²) in [6.45, 7) is 0. The summed E-state index contributed by atoms with van der Waals surface area (Å²) in [6.07, 6.45) is 0. The maximum atomic E-state index is 0. The molecule has 0 aromatic heterocycles. The molecule has 0 heterocycles. The van der Waals surface area contributed by atoms with E-state index in [-0.39, 0.29) is 94.5 Å². The van der Waals surface area contributed by atoms with Crippen molar-refractivity contribution < 1.29 is 81.0 Å². The summed E-state index contributed by atoms with van der Waals surface area (Å²) in [5.41, 5.74) is 0. The molecule has 0 rings (SSSR count). The molecule has 0 radical (unpaired) electrons. The SMILES string of the molecule is O.O.O.O.[Na+].[Na+].[SH-]. The Labute approximate surface area is 93.3 Å². The van der Waals surface area contributed by atoms with Gasteiger partial charge in [0, 0.05) is 0 Å². The number of hydrogen-bond acceptors (Lipinski definition) is 1. The average molecular weight is 151 g/mol. The fourth-order valence-electron chi connectivity index (χ4n) is 0. The molecule has 0 saturated carbocycles. The van der Waals surface area contributed by atoms with Crippen LogP contribution in [0.15, 0.2) is 0 Å². The van der Waals surface area contributed by atoms with E-state index in [2.05, 4.69) is 0 Å². The molecule has 0 aliphatic heterocycles.